The van der Waals surface area contributed by atoms with Crippen molar-refractivity contribution in [2.24, 2.45) is 0 Å². The fraction of sp³-hybridized carbons (Fsp3) is 0.100. The third-order valence-electron chi connectivity index (χ3n) is 3.77. The van der Waals surface area contributed by atoms with Crippen molar-refractivity contribution in [3.8, 4) is 5.75 Å². The number of nitrogens with one attached hydrogen (secondary N) is 1. The van der Waals surface area contributed by atoms with Gasteiger partial charge in [-0.05, 0) is 48.0 Å². The first-order valence-corrected chi connectivity index (χ1v) is 8.40. The summed E-state index contributed by atoms with van der Waals surface area (Å²) in [5.74, 6) is 0.679. The minimum atomic E-state index is -0.260. The lowest BCUT2D eigenvalue weighted by Gasteiger charge is -2.24. The smallest absolute Gasteiger partial charge is 0.326 e. The quantitative estimate of drug-likeness (QED) is 0.691. The van der Waals surface area contributed by atoms with E-state index in [-0.39, 0.29) is 6.03 Å². The number of halogens is 1. The molecule has 1 heterocycles. The van der Waals surface area contributed by atoms with Gasteiger partial charge in [0.05, 0.1) is 13.7 Å². The predicted molar refractivity (Wildman–Crippen MR) is 104 cm³/mol. The van der Waals surface area contributed by atoms with E-state index in [0.717, 1.165) is 11.3 Å². The van der Waals surface area contributed by atoms with E-state index < -0.39 is 0 Å². The predicted octanol–water partition coefficient (Wildman–Crippen LogP) is 4.98. The van der Waals surface area contributed by atoms with Gasteiger partial charge in [0.15, 0.2) is 0 Å². The maximum atomic E-state index is 12.9. The van der Waals surface area contributed by atoms with Gasteiger partial charge in [0.2, 0.25) is 0 Å². The van der Waals surface area contributed by atoms with Gasteiger partial charge in [-0.1, -0.05) is 23.7 Å². The number of aromatic nitrogens is 1. The molecule has 132 valence electrons. The molecule has 3 rings (SSSR count). The molecule has 0 fully saturated rings. The average Bonchev–Trinajstić information content (AvgIpc) is 2.68. The van der Waals surface area contributed by atoms with Crippen molar-refractivity contribution in [1.29, 1.82) is 0 Å². The zero-order valence-corrected chi connectivity index (χ0v) is 15.0. The van der Waals surface area contributed by atoms with E-state index >= 15 is 0 Å². The summed E-state index contributed by atoms with van der Waals surface area (Å²) in [6.45, 7) is 0.375. The number of benzene rings is 2. The topological polar surface area (TPSA) is 54.5 Å². The molecule has 0 saturated heterocycles. The Bertz CT molecular complexity index is 870. The van der Waals surface area contributed by atoms with Crippen LogP contribution in [0.15, 0.2) is 73.1 Å². The van der Waals surface area contributed by atoms with E-state index in [2.05, 4.69) is 10.3 Å². The molecule has 1 aromatic heterocycles. The van der Waals surface area contributed by atoms with E-state index in [1.54, 1.807) is 48.7 Å². The number of carbonyl (C=O) groups is 1. The number of hydrogen-bond donors (Lipinski definition) is 1. The van der Waals surface area contributed by atoms with Crippen LogP contribution in [-0.2, 0) is 6.54 Å². The minimum absolute atomic E-state index is 0.260. The Kier molecular flexibility index (Phi) is 5.71. The number of urea groups is 1. The van der Waals surface area contributed by atoms with Gasteiger partial charge < -0.3 is 10.1 Å². The molecule has 0 aliphatic heterocycles. The second-order valence-electron chi connectivity index (χ2n) is 5.59. The first-order valence-electron chi connectivity index (χ1n) is 8.03. The molecule has 0 unspecified atom stereocenters. The summed E-state index contributed by atoms with van der Waals surface area (Å²) in [5.41, 5.74) is 2.31. The molecule has 5 nitrogen and oxygen atoms in total. The van der Waals surface area contributed by atoms with Crippen LogP contribution in [0, 0.1) is 0 Å². The van der Waals surface area contributed by atoms with Crippen LogP contribution >= 0.6 is 11.6 Å². The number of hydrogen-bond acceptors (Lipinski definition) is 3. The largest absolute Gasteiger partial charge is 0.497 e. The van der Waals surface area contributed by atoms with Crippen molar-refractivity contribution < 1.29 is 9.53 Å². The average molecular weight is 368 g/mol. The summed E-state index contributed by atoms with van der Waals surface area (Å²) in [7, 11) is 1.60. The molecule has 1 N–H and O–H groups in total. The molecule has 2 amide bonds. The molecule has 6 heteroatoms. The van der Waals surface area contributed by atoms with Gasteiger partial charge in [-0.3, -0.25) is 9.88 Å². The maximum Gasteiger partial charge on any atom is 0.326 e. The monoisotopic (exact) mass is 367 g/mol. The summed E-state index contributed by atoms with van der Waals surface area (Å²) < 4.78 is 5.28. The van der Waals surface area contributed by atoms with Crippen molar-refractivity contribution >= 4 is 29.0 Å². The fourth-order valence-electron chi connectivity index (χ4n) is 2.46. The van der Waals surface area contributed by atoms with E-state index in [0.29, 0.717) is 23.0 Å². The number of nitrogens with zero attached hydrogens (tertiary/aromatic N) is 2. The molecule has 26 heavy (non-hydrogen) atoms. The lowest BCUT2D eigenvalue weighted by molar-refractivity contribution is 0.256. The van der Waals surface area contributed by atoms with Crippen molar-refractivity contribution in [1.82, 2.24) is 4.98 Å². The summed E-state index contributed by atoms with van der Waals surface area (Å²) in [6, 6.07) is 17.8. The van der Waals surface area contributed by atoms with Crippen LogP contribution in [0.1, 0.15) is 5.56 Å². The van der Waals surface area contributed by atoms with Gasteiger partial charge in [-0.2, -0.15) is 0 Å². The Morgan fingerprint density at radius 3 is 2.65 bits per heavy atom. The zero-order valence-electron chi connectivity index (χ0n) is 14.2. The molecule has 0 aliphatic rings. The fourth-order valence-corrected chi connectivity index (χ4v) is 2.58. The van der Waals surface area contributed by atoms with Gasteiger partial charge >= 0.3 is 6.03 Å². The van der Waals surface area contributed by atoms with E-state index in [4.69, 9.17) is 16.3 Å². The number of rotatable bonds is 5. The summed E-state index contributed by atoms with van der Waals surface area (Å²) in [5, 5.41) is 3.51. The van der Waals surface area contributed by atoms with E-state index in [1.165, 1.54) is 0 Å². The zero-order chi connectivity index (χ0) is 18.4. The molecular weight excluding hydrogens is 350 g/mol. The van der Waals surface area contributed by atoms with Gasteiger partial charge in [-0.15, -0.1) is 0 Å². The maximum absolute atomic E-state index is 12.9. The Labute approximate surface area is 157 Å². The second-order valence-corrected chi connectivity index (χ2v) is 6.02. The number of anilines is 2. The van der Waals surface area contributed by atoms with Crippen molar-refractivity contribution in [3.05, 3.63) is 83.6 Å². The Balaban J connectivity index is 1.88. The normalized spacial score (nSPS) is 10.2. The van der Waals surface area contributed by atoms with Crippen molar-refractivity contribution in [3.63, 3.8) is 0 Å². The minimum Gasteiger partial charge on any atom is -0.497 e. The summed E-state index contributed by atoms with van der Waals surface area (Å²) in [6.07, 6.45) is 3.44. The highest BCUT2D eigenvalue weighted by Gasteiger charge is 2.17. The van der Waals surface area contributed by atoms with Crippen molar-refractivity contribution in [2.45, 2.75) is 6.54 Å². The molecule has 0 aliphatic carbocycles. The molecule has 0 spiro atoms. The molecule has 0 bridgehead atoms. The van der Waals surface area contributed by atoms with Crippen LogP contribution < -0.4 is 15.0 Å². The highest BCUT2D eigenvalue weighted by molar-refractivity contribution is 6.30. The Morgan fingerprint density at radius 2 is 1.96 bits per heavy atom. The molecular formula is C20H18ClN3O2. The number of ether oxygens (including phenoxy) is 1. The van der Waals surface area contributed by atoms with Crippen LogP contribution in [0.4, 0.5) is 16.2 Å². The number of pyridine rings is 1. The molecule has 0 atom stereocenters. The standard InChI is InChI=1S/C20H18ClN3O2/c1-26-19-6-2-5-18(12-19)24(14-15-4-3-11-22-13-15)20(25)23-17-9-7-16(21)8-10-17/h2-13H,14H2,1H3,(H,23,25). The summed E-state index contributed by atoms with van der Waals surface area (Å²) in [4.78, 5) is 18.7. The summed E-state index contributed by atoms with van der Waals surface area (Å²) >= 11 is 5.90. The Morgan fingerprint density at radius 1 is 1.15 bits per heavy atom. The molecule has 0 radical (unpaired) electrons. The number of carbonyl (C=O) groups excluding carboxylic acids is 1. The van der Waals surface area contributed by atoms with Crippen LogP contribution in [-0.4, -0.2) is 18.1 Å². The second kappa shape index (κ2) is 8.36. The molecule has 2 aromatic carbocycles. The first kappa shape index (κ1) is 17.8. The third kappa shape index (κ3) is 4.52. The highest BCUT2D eigenvalue weighted by atomic mass is 35.5. The lowest BCUT2D eigenvalue weighted by atomic mass is 10.2. The van der Waals surface area contributed by atoms with Gasteiger partial charge in [0, 0.05) is 34.9 Å². The molecule has 0 saturated carbocycles. The Hall–Kier alpha value is -3.05. The lowest BCUT2D eigenvalue weighted by Crippen LogP contribution is -2.34. The van der Waals surface area contributed by atoms with Crippen LogP contribution in [0.5, 0.6) is 5.75 Å². The van der Waals surface area contributed by atoms with Crippen LogP contribution in [0.2, 0.25) is 5.02 Å². The van der Waals surface area contributed by atoms with E-state index in [9.17, 15) is 4.79 Å². The van der Waals surface area contributed by atoms with Gasteiger partial charge in [0.25, 0.3) is 0 Å². The van der Waals surface area contributed by atoms with Crippen LogP contribution in [0.3, 0.4) is 0 Å². The first-order chi connectivity index (χ1) is 12.7. The number of methoxy groups -OCH3 is 1. The number of amides is 2. The van der Waals surface area contributed by atoms with Gasteiger partial charge in [0.1, 0.15) is 5.75 Å². The van der Waals surface area contributed by atoms with Crippen LogP contribution in [0.25, 0.3) is 0 Å². The van der Waals surface area contributed by atoms with Crippen molar-refractivity contribution in [2.75, 3.05) is 17.3 Å². The molecule has 3 aromatic rings. The highest BCUT2D eigenvalue weighted by Crippen LogP contribution is 2.24. The SMILES string of the molecule is COc1cccc(N(Cc2cccnc2)C(=O)Nc2ccc(Cl)cc2)c1. The van der Waals surface area contributed by atoms with E-state index in [1.807, 2.05) is 36.4 Å². The third-order valence-corrected chi connectivity index (χ3v) is 4.02. The van der Waals surface area contributed by atoms with Gasteiger partial charge in [-0.25, -0.2) is 4.79 Å².